The van der Waals surface area contributed by atoms with Crippen molar-refractivity contribution in [3.05, 3.63) is 60.9 Å². The van der Waals surface area contributed by atoms with Crippen molar-refractivity contribution in [3.63, 3.8) is 0 Å². The van der Waals surface area contributed by atoms with Crippen molar-refractivity contribution in [2.24, 2.45) is 5.92 Å². The number of amides is 1. The Morgan fingerprint density at radius 1 is 0.907 bits per heavy atom. The molecule has 12 heteroatoms. The molecule has 1 amide bonds. The minimum Gasteiger partial charge on any atom is -0.371 e. The van der Waals surface area contributed by atoms with Gasteiger partial charge in [-0.3, -0.25) is 4.79 Å². The first-order valence-electron chi connectivity index (χ1n) is 15.3. The molecular weight excluding hydrogens is 564 g/mol. The zero-order valence-electron chi connectivity index (χ0n) is 24.5. The Balaban J connectivity index is 0.997. The van der Waals surface area contributed by atoms with Gasteiger partial charge < -0.3 is 24.3 Å². The normalized spacial score (nSPS) is 21.6. The fraction of sp³-hybridized carbons (Fsp3) is 0.484. The lowest BCUT2D eigenvalue weighted by molar-refractivity contribution is -0.138. The summed E-state index contributed by atoms with van der Waals surface area (Å²) in [7, 11) is -3.01. The summed E-state index contributed by atoms with van der Waals surface area (Å²) < 4.78 is 28.3. The van der Waals surface area contributed by atoms with E-state index in [1.807, 2.05) is 29.6 Å². The molecule has 7 rings (SSSR count). The molecule has 3 aromatic heterocycles. The van der Waals surface area contributed by atoms with Gasteiger partial charge in [0.1, 0.15) is 21.5 Å². The van der Waals surface area contributed by atoms with Crippen LogP contribution in [-0.4, -0.2) is 80.5 Å². The van der Waals surface area contributed by atoms with Crippen LogP contribution in [0.4, 0.5) is 11.6 Å². The summed E-state index contributed by atoms with van der Waals surface area (Å²) in [5.41, 5.74) is 2.17. The van der Waals surface area contributed by atoms with Crippen LogP contribution < -0.4 is 10.2 Å². The number of fused-ring (bicyclic) bond motifs is 2. The van der Waals surface area contributed by atoms with Crippen molar-refractivity contribution < 1.29 is 13.2 Å². The first-order chi connectivity index (χ1) is 20.8. The molecular formula is C31H38N8O3S. The van der Waals surface area contributed by atoms with E-state index >= 15 is 0 Å². The van der Waals surface area contributed by atoms with Crippen molar-refractivity contribution in [3.8, 4) is 5.82 Å². The van der Waals surface area contributed by atoms with Crippen LogP contribution in [0.5, 0.6) is 0 Å². The van der Waals surface area contributed by atoms with Crippen LogP contribution in [0, 0.1) is 5.92 Å². The van der Waals surface area contributed by atoms with Crippen molar-refractivity contribution in [2.45, 2.75) is 62.9 Å². The van der Waals surface area contributed by atoms with Crippen molar-refractivity contribution >= 4 is 38.3 Å². The Kier molecular flexibility index (Phi) is 7.32. The van der Waals surface area contributed by atoms with Gasteiger partial charge >= 0.3 is 0 Å². The Labute approximate surface area is 251 Å². The molecule has 0 unspecified atom stereocenters. The third-order valence-electron chi connectivity index (χ3n) is 9.45. The monoisotopic (exact) mass is 602 g/mol. The van der Waals surface area contributed by atoms with Gasteiger partial charge in [-0.1, -0.05) is 6.07 Å². The molecule has 4 aromatic rings. The van der Waals surface area contributed by atoms with E-state index < -0.39 is 9.84 Å². The Bertz CT molecular complexity index is 1730. The summed E-state index contributed by atoms with van der Waals surface area (Å²) in [5, 5.41) is 4.39. The van der Waals surface area contributed by atoms with E-state index in [1.54, 1.807) is 6.20 Å². The molecule has 0 bridgehead atoms. The maximum absolute atomic E-state index is 13.2. The van der Waals surface area contributed by atoms with Gasteiger partial charge in [-0.05, 0) is 62.8 Å². The van der Waals surface area contributed by atoms with Crippen LogP contribution in [-0.2, 0) is 27.7 Å². The second kappa shape index (κ2) is 11.3. The summed E-state index contributed by atoms with van der Waals surface area (Å²) in [6.45, 7) is 3.61. The minimum atomic E-state index is -3.01. The summed E-state index contributed by atoms with van der Waals surface area (Å²) >= 11 is 0. The molecule has 5 heterocycles. The Morgan fingerprint density at radius 2 is 1.72 bits per heavy atom. The molecule has 2 fully saturated rings. The van der Waals surface area contributed by atoms with E-state index in [2.05, 4.69) is 53.6 Å². The predicted molar refractivity (Wildman–Crippen MR) is 166 cm³/mol. The van der Waals surface area contributed by atoms with E-state index in [-0.39, 0.29) is 23.1 Å². The maximum Gasteiger partial charge on any atom is 0.226 e. The van der Waals surface area contributed by atoms with Gasteiger partial charge in [0, 0.05) is 80.3 Å². The van der Waals surface area contributed by atoms with Crippen LogP contribution in [0.3, 0.4) is 0 Å². The number of hydrogen-bond donors (Lipinski definition) is 1. The predicted octanol–water partition coefficient (Wildman–Crippen LogP) is 3.64. The molecule has 1 aromatic carbocycles. The van der Waals surface area contributed by atoms with Gasteiger partial charge in [0.05, 0.1) is 17.3 Å². The lowest BCUT2D eigenvalue weighted by Gasteiger charge is -2.34. The molecule has 43 heavy (non-hydrogen) atoms. The molecule has 0 radical (unpaired) electrons. The van der Waals surface area contributed by atoms with Gasteiger partial charge in [0.25, 0.3) is 0 Å². The average molecular weight is 603 g/mol. The molecule has 1 saturated heterocycles. The first-order valence-corrected chi connectivity index (χ1v) is 17.2. The molecule has 0 atom stereocenters. The second-order valence-electron chi connectivity index (χ2n) is 12.1. The number of piperidine rings is 1. The van der Waals surface area contributed by atoms with Gasteiger partial charge in [0.15, 0.2) is 0 Å². The Hall–Kier alpha value is -3.93. The summed E-state index contributed by atoms with van der Waals surface area (Å²) in [6, 6.07) is 10.5. The van der Waals surface area contributed by atoms with Gasteiger partial charge in [0.2, 0.25) is 11.9 Å². The number of benzene rings is 1. The molecule has 1 aliphatic carbocycles. The molecule has 1 saturated carbocycles. The molecule has 1 N–H and O–H groups in total. The number of carbonyl (C=O) groups is 1. The zero-order valence-corrected chi connectivity index (χ0v) is 25.3. The highest BCUT2D eigenvalue weighted by Crippen LogP contribution is 2.33. The molecule has 226 valence electrons. The summed E-state index contributed by atoms with van der Waals surface area (Å²) in [6.07, 6.45) is 13.8. The highest BCUT2D eigenvalue weighted by atomic mass is 32.2. The van der Waals surface area contributed by atoms with Gasteiger partial charge in [-0.2, -0.15) is 4.98 Å². The van der Waals surface area contributed by atoms with Gasteiger partial charge in [-0.15, -0.1) is 0 Å². The van der Waals surface area contributed by atoms with Crippen molar-refractivity contribution in [2.75, 3.05) is 36.1 Å². The molecule has 0 spiro atoms. The second-order valence-corrected chi connectivity index (χ2v) is 14.5. The summed E-state index contributed by atoms with van der Waals surface area (Å²) in [4.78, 5) is 31.3. The lowest BCUT2D eigenvalue weighted by Crippen LogP contribution is -2.43. The Morgan fingerprint density at radius 3 is 2.51 bits per heavy atom. The van der Waals surface area contributed by atoms with E-state index in [9.17, 15) is 13.2 Å². The number of carbonyl (C=O) groups excluding carboxylic acids is 1. The fourth-order valence-electron chi connectivity index (χ4n) is 6.99. The highest BCUT2D eigenvalue weighted by molar-refractivity contribution is 7.91. The smallest absolute Gasteiger partial charge is 0.226 e. The summed E-state index contributed by atoms with van der Waals surface area (Å²) in [5.74, 6) is 2.66. The van der Waals surface area contributed by atoms with E-state index in [0.717, 1.165) is 80.1 Å². The van der Waals surface area contributed by atoms with Crippen LogP contribution in [0.2, 0.25) is 0 Å². The number of imidazole rings is 1. The number of hydrogen-bond acceptors (Lipinski definition) is 8. The standard InChI is InChI=1S/C31H38N8O3S/c1-43(41,42)24-10-15-36(16-11-24)26-3-2-4-27-25(26)12-17-39(27)28-9-13-33-31(35-28)34-23-7-5-22(6-8-23)30(40)38-20-19-37-18-14-32-29(37)21-38/h2-4,9,12-14,17-18,22-24H,5-8,10-11,15-16,19-21H2,1H3,(H,33,34,35). The maximum atomic E-state index is 13.2. The largest absolute Gasteiger partial charge is 0.371 e. The van der Waals surface area contributed by atoms with Crippen LogP contribution >= 0.6 is 0 Å². The number of nitrogens with one attached hydrogen (secondary N) is 1. The molecule has 11 nitrogen and oxygen atoms in total. The quantitative estimate of drug-likeness (QED) is 0.356. The SMILES string of the molecule is CS(=O)(=O)C1CCN(c2cccc3c2ccn3-c2ccnc(NC3CCC(C(=O)N4CCn5ccnc5C4)CC3)n2)CC1. The number of sulfone groups is 1. The number of anilines is 2. The molecule has 2 aliphatic heterocycles. The van der Waals surface area contributed by atoms with Crippen LogP contribution in [0.15, 0.2) is 55.1 Å². The van der Waals surface area contributed by atoms with Crippen LogP contribution in [0.1, 0.15) is 44.3 Å². The van der Waals surface area contributed by atoms with E-state index in [1.165, 1.54) is 6.26 Å². The van der Waals surface area contributed by atoms with E-state index in [4.69, 9.17) is 4.98 Å². The topological polar surface area (TPSA) is 118 Å². The third-order valence-corrected chi connectivity index (χ3v) is 11.1. The third kappa shape index (κ3) is 5.60. The van der Waals surface area contributed by atoms with Gasteiger partial charge in [-0.25, -0.2) is 18.4 Å². The highest BCUT2D eigenvalue weighted by Gasteiger charge is 2.32. The number of rotatable bonds is 6. The zero-order chi connectivity index (χ0) is 29.6. The minimum absolute atomic E-state index is 0.0596. The fourth-order valence-corrected chi connectivity index (χ4v) is 8.06. The number of aromatic nitrogens is 5. The van der Waals surface area contributed by atoms with Crippen LogP contribution in [0.25, 0.3) is 16.7 Å². The average Bonchev–Trinajstić information content (AvgIpc) is 3.68. The molecule has 3 aliphatic rings. The number of nitrogens with zero attached hydrogens (tertiary/aromatic N) is 7. The van der Waals surface area contributed by atoms with Crippen molar-refractivity contribution in [1.29, 1.82) is 0 Å². The van der Waals surface area contributed by atoms with E-state index in [0.29, 0.717) is 25.3 Å². The van der Waals surface area contributed by atoms with Crippen molar-refractivity contribution in [1.82, 2.24) is 29.0 Å². The lowest BCUT2D eigenvalue weighted by atomic mass is 9.85. The first kappa shape index (κ1) is 27.9.